The molecular weight excluding hydrogens is 344 g/mol. The molecule has 2 aromatic carbocycles. The molecule has 144 valence electrons. The van der Waals surface area contributed by atoms with Gasteiger partial charge in [0.2, 0.25) is 11.8 Å². The van der Waals surface area contributed by atoms with Crippen molar-refractivity contribution >= 4 is 22.6 Å². The minimum Gasteiger partial charge on any atom is -0.491 e. The van der Waals surface area contributed by atoms with Gasteiger partial charge in [0.15, 0.2) is 0 Å². The van der Waals surface area contributed by atoms with Gasteiger partial charge in [0.05, 0.1) is 12.2 Å². The molecule has 2 N–H and O–H groups in total. The number of aliphatic hydroxyl groups is 1. The molecule has 1 fully saturated rings. The highest BCUT2D eigenvalue weighted by Crippen LogP contribution is 2.29. The van der Waals surface area contributed by atoms with Crippen molar-refractivity contribution in [2.75, 3.05) is 6.54 Å². The van der Waals surface area contributed by atoms with Crippen LogP contribution in [0.2, 0.25) is 0 Å². The van der Waals surface area contributed by atoms with Crippen LogP contribution in [0.3, 0.4) is 0 Å². The first-order valence-electron chi connectivity index (χ1n) is 9.27. The van der Waals surface area contributed by atoms with Gasteiger partial charge in [-0.15, -0.1) is 0 Å². The smallest absolute Gasteiger partial charge is 0.243 e. The van der Waals surface area contributed by atoms with E-state index in [9.17, 15) is 14.7 Å². The van der Waals surface area contributed by atoms with Crippen LogP contribution in [0, 0.1) is 0 Å². The maximum atomic E-state index is 12.7. The highest BCUT2D eigenvalue weighted by molar-refractivity contribution is 5.90. The Morgan fingerprint density at radius 2 is 2.00 bits per heavy atom. The lowest BCUT2D eigenvalue weighted by Gasteiger charge is -2.23. The second-order valence-electron chi connectivity index (χ2n) is 7.22. The van der Waals surface area contributed by atoms with E-state index in [2.05, 4.69) is 5.32 Å². The largest absolute Gasteiger partial charge is 0.491 e. The van der Waals surface area contributed by atoms with Crippen molar-refractivity contribution in [1.82, 2.24) is 10.2 Å². The van der Waals surface area contributed by atoms with Crippen LogP contribution >= 0.6 is 0 Å². The summed E-state index contributed by atoms with van der Waals surface area (Å²) in [4.78, 5) is 25.9. The van der Waals surface area contributed by atoms with E-state index >= 15 is 0 Å². The lowest BCUT2D eigenvalue weighted by molar-refractivity contribution is -0.137. The summed E-state index contributed by atoms with van der Waals surface area (Å²) < 4.78 is 5.93. The van der Waals surface area contributed by atoms with Gasteiger partial charge in [-0.2, -0.15) is 0 Å². The molecule has 0 bridgehead atoms. The molecule has 0 aliphatic carbocycles. The zero-order valence-electron chi connectivity index (χ0n) is 15.9. The number of aliphatic hydroxyl groups excluding tert-OH is 1. The third kappa shape index (κ3) is 4.22. The van der Waals surface area contributed by atoms with Gasteiger partial charge in [-0.05, 0) is 30.7 Å². The van der Waals surface area contributed by atoms with Crippen molar-refractivity contribution in [3.63, 3.8) is 0 Å². The van der Waals surface area contributed by atoms with Crippen molar-refractivity contribution in [3.05, 3.63) is 42.0 Å². The first kappa shape index (κ1) is 19.2. The topological polar surface area (TPSA) is 78.9 Å². The molecule has 0 radical (unpaired) electrons. The highest BCUT2D eigenvalue weighted by atomic mass is 16.5. The van der Waals surface area contributed by atoms with Crippen molar-refractivity contribution in [2.45, 2.75) is 52.0 Å². The molecule has 0 aromatic heterocycles. The summed E-state index contributed by atoms with van der Waals surface area (Å²) in [6.07, 6.45) is -0.392. The zero-order chi connectivity index (χ0) is 19.6. The third-order valence-corrected chi connectivity index (χ3v) is 4.79. The lowest BCUT2D eigenvalue weighted by Crippen LogP contribution is -2.45. The molecule has 1 aliphatic heterocycles. The Balaban J connectivity index is 1.83. The van der Waals surface area contributed by atoms with Crippen LogP contribution in [0.1, 0.15) is 32.8 Å². The summed E-state index contributed by atoms with van der Waals surface area (Å²) >= 11 is 0. The normalized spacial score (nSPS) is 19.5. The monoisotopic (exact) mass is 370 g/mol. The fourth-order valence-electron chi connectivity index (χ4n) is 3.57. The molecule has 1 saturated heterocycles. The van der Waals surface area contributed by atoms with Crippen molar-refractivity contribution in [3.8, 4) is 5.75 Å². The molecule has 2 aromatic rings. The number of ether oxygens (including phenoxy) is 1. The minimum atomic E-state index is -0.665. The maximum Gasteiger partial charge on any atom is 0.243 e. The molecule has 1 heterocycles. The van der Waals surface area contributed by atoms with E-state index in [0.29, 0.717) is 6.54 Å². The summed E-state index contributed by atoms with van der Waals surface area (Å²) in [7, 11) is 0. The van der Waals surface area contributed by atoms with Gasteiger partial charge in [-0.1, -0.05) is 30.3 Å². The van der Waals surface area contributed by atoms with E-state index in [4.69, 9.17) is 4.74 Å². The first-order chi connectivity index (χ1) is 12.9. The van der Waals surface area contributed by atoms with E-state index in [0.717, 1.165) is 22.1 Å². The van der Waals surface area contributed by atoms with Gasteiger partial charge in [0.25, 0.3) is 0 Å². The maximum absolute atomic E-state index is 12.7. The SMILES string of the molecule is CC(=O)N1C[C@H](O)C[C@@H]1C(=O)NCc1c(OC(C)C)ccc2ccccc12. The molecule has 6 nitrogen and oxygen atoms in total. The third-order valence-electron chi connectivity index (χ3n) is 4.79. The zero-order valence-corrected chi connectivity index (χ0v) is 15.9. The Bertz CT molecular complexity index is 849. The Morgan fingerprint density at radius 3 is 2.70 bits per heavy atom. The average molecular weight is 370 g/mol. The van der Waals surface area contributed by atoms with Gasteiger partial charge in [-0.3, -0.25) is 9.59 Å². The summed E-state index contributed by atoms with van der Waals surface area (Å²) in [5.74, 6) is 0.268. The second-order valence-corrected chi connectivity index (χ2v) is 7.22. The lowest BCUT2D eigenvalue weighted by atomic mass is 10.0. The Hall–Kier alpha value is -2.60. The van der Waals surface area contributed by atoms with Gasteiger partial charge in [-0.25, -0.2) is 0 Å². The molecule has 0 saturated carbocycles. The van der Waals surface area contributed by atoms with Crippen LogP contribution in [0.5, 0.6) is 5.75 Å². The van der Waals surface area contributed by atoms with Crippen LogP contribution in [0.25, 0.3) is 10.8 Å². The number of β-amino-alcohol motifs (C(OH)–C–C–N with tert-alkyl or cyclic N) is 1. The summed E-state index contributed by atoms with van der Waals surface area (Å²) in [5, 5.41) is 14.9. The standard InChI is InChI=1S/C21H26N2O4/c1-13(2)27-20-9-8-15-6-4-5-7-17(15)18(20)11-22-21(26)19-10-16(25)12-23(19)14(3)24/h4-9,13,16,19,25H,10-12H2,1-3H3,(H,22,26)/t16-,19-/m1/s1. The molecule has 2 amide bonds. The quantitative estimate of drug-likeness (QED) is 0.846. The number of nitrogens with one attached hydrogen (secondary N) is 1. The van der Waals surface area contributed by atoms with Crippen molar-refractivity contribution < 1.29 is 19.4 Å². The van der Waals surface area contributed by atoms with Gasteiger partial charge >= 0.3 is 0 Å². The van der Waals surface area contributed by atoms with Crippen LogP contribution in [-0.4, -0.2) is 46.6 Å². The number of benzene rings is 2. The van der Waals surface area contributed by atoms with Crippen molar-refractivity contribution in [2.24, 2.45) is 0 Å². The Labute approximate surface area is 159 Å². The van der Waals surface area contributed by atoms with E-state index in [-0.39, 0.29) is 30.9 Å². The van der Waals surface area contributed by atoms with Crippen LogP contribution < -0.4 is 10.1 Å². The number of rotatable bonds is 5. The number of amides is 2. The van der Waals surface area contributed by atoms with Crippen LogP contribution in [0.15, 0.2) is 36.4 Å². The van der Waals surface area contributed by atoms with Crippen LogP contribution in [-0.2, 0) is 16.1 Å². The molecular formula is C21H26N2O4. The summed E-state index contributed by atoms with van der Waals surface area (Å²) in [5.41, 5.74) is 0.906. The molecule has 1 aliphatic rings. The Morgan fingerprint density at radius 1 is 1.26 bits per heavy atom. The fraction of sp³-hybridized carbons (Fsp3) is 0.429. The average Bonchev–Trinajstić information content (AvgIpc) is 3.02. The van der Waals surface area contributed by atoms with E-state index in [1.165, 1.54) is 11.8 Å². The highest BCUT2D eigenvalue weighted by Gasteiger charge is 2.37. The van der Waals surface area contributed by atoms with Crippen molar-refractivity contribution in [1.29, 1.82) is 0 Å². The summed E-state index contributed by atoms with van der Waals surface area (Å²) in [6.45, 7) is 5.83. The fourth-order valence-corrected chi connectivity index (χ4v) is 3.57. The first-order valence-corrected chi connectivity index (χ1v) is 9.27. The number of hydrogen-bond donors (Lipinski definition) is 2. The molecule has 0 unspecified atom stereocenters. The van der Waals surface area contributed by atoms with E-state index in [1.54, 1.807) is 0 Å². The molecule has 3 rings (SSSR count). The van der Waals surface area contributed by atoms with Gasteiger partial charge in [0.1, 0.15) is 11.8 Å². The second kappa shape index (κ2) is 7.96. The number of hydrogen-bond acceptors (Lipinski definition) is 4. The number of fused-ring (bicyclic) bond motifs is 1. The summed E-state index contributed by atoms with van der Waals surface area (Å²) in [6, 6.07) is 11.2. The molecule has 2 atom stereocenters. The molecule has 6 heteroatoms. The minimum absolute atomic E-state index is 0.0128. The predicted molar refractivity (Wildman–Crippen MR) is 103 cm³/mol. The van der Waals surface area contributed by atoms with E-state index < -0.39 is 12.1 Å². The molecule has 27 heavy (non-hydrogen) atoms. The van der Waals surface area contributed by atoms with E-state index in [1.807, 2.05) is 50.2 Å². The van der Waals surface area contributed by atoms with Gasteiger partial charge < -0.3 is 20.1 Å². The number of carbonyl (C=O) groups excluding carboxylic acids is 2. The number of nitrogens with zero attached hydrogens (tertiary/aromatic N) is 1. The van der Waals surface area contributed by atoms with Gasteiger partial charge in [0, 0.05) is 32.0 Å². The number of carbonyl (C=O) groups is 2. The predicted octanol–water partition coefficient (Wildman–Crippen LogP) is 2.22. The van der Waals surface area contributed by atoms with Crippen LogP contribution in [0.4, 0.5) is 0 Å². The Kier molecular flexibility index (Phi) is 5.65. The number of likely N-dealkylation sites (tertiary alicyclic amines) is 1. The molecule has 0 spiro atoms.